The topological polar surface area (TPSA) is 65.4 Å². The number of anilines is 4. The van der Waals surface area contributed by atoms with Crippen LogP contribution in [-0.4, -0.2) is 35.8 Å². The second kappa shape index (κ2) is 7.13. The number of hydrogen-bond acceptors (Lipinski definition) is 6. The van der Waals surface area contributed by atoms with Crippen LogP contribution in [0.3, 0.4) is 0 Å². The number of nitrogens with zero attached hydrogens (tertiary/aromatic N) is 4. The summed E-state index contributed by atoms with van der Waals surface area (Å²) in [6.07, 6.45) is 5.25. The Kier molecular flexibility index (Phi) is 4.24. The van der Waals surface area contributed by atoms with E-state index in [0.29, 0.717) is 12.5 Å². The van der Waals surface area contributed by atoms with Gasteiger partial charge in [0.25, 0.3) is 0 Å². The van der Waals surface area contributed by atoms with Gasteiger partial charge in [-0.05, 0) is 60.8 Å². The van der Waals surface area contributed by atoms with Crippen LogP contribution in [0.25, 0.3) is 0 Å². The van der Waals surface area contributed by atoms with Gasteiger partial charge >= 0.3 is 0 Å². The number of benzene rings is 2. The lowest BCUT2D eigenvalue weighted by molar-refractivity contribution is 0.329. The van der Waals surface area contributed by atoms with Crippen LogP contribution in [0.5, 0.6) is 0 Å². The summed E-state index contributed by atoms with van der Waals surface area (Å²) < 4.78 is 14.6. The minimum atomic E-state index is -0.470. The number of aliphatic imine (C=N–C) groups is 1. The molecular formula is C24H23FN6. The summed E-state index contributed by atoms with van der Waals surface area (Å²) in [6.45, 7) is 3.52. The van der Waals surface area contributed by atoms with Crippen molar-refractivity contribution in [3.63, 3.8) is 0 Å². The Bertz CT molecular complexity index is 1180. The summed E-state index contributed by atoms with van der Waals surface area (Å²) in [5.74, 6) is 0.236. The van der Waals surface area contributed by atoms with Crippen LogP contribution in [0, 0.1) is 5.82 Å². The van der Waals surface area contributed by atoms with E-state index in [1.807, 2.05) is 30.5 Å². The molecule has 0 amide bonds. The monoisotopic (exact) mass is 414 g/mol. The van der Waals surface area contributed by atoms with Crippen LogP contribution < -0.4 is 15.5 Å². The second-order valence-corrected chi connectivity index (χ2v) is 8.51. The Morgan fingerprint density at radius 3 is 2.87 bits per heavy atom. The smallest absolute Gasteiger partial charge is 0.232 e. The lowest BCUT2D eigenvalue weighted by Crippen LogP contribution is -2.42. The van der Waals surface area contributed by atoms with Gasteiger partial charge in [-0.3, -0.25) is 4.99 Å². The predicted molar refractivity (Wildman–Crippen MR) is 120 cm³/mol. The highest BCUT2D eigenvalue weighted by Gasteiger charge is 2.44. The summed E-state index contributed by atoms with van der Waals surface area (Å²) in [7, 11) is 0. The number of para-hydroxylation sites is 1. The Morgan fingerprint density at radius 1 is 1.10 bits per heavy atom. The van der Waals surface area contributed by atoms with E-state index >= 15 is 0 Å². The van der Waals surface area contributed by atoms with Crippen molar-refractivity contribution in [2.45, 2.75) is 24.8 Å². The molecule has 0 bridgehead atoms. The maximum atomic E-state index is 14.6. The number of rotatable bonds is 3. The quantitative estimate of drug-likeness (QED) is 0.677. The molecular weight excluding hydrogens is 391 g/mol. The Morgan fingerprint density at radius 2 is 1.97 bits per heavy atom. The fourth-order valence-corrected chi connectivity index (χ4v) is 5.03. The number of halogens is 1. The van der Waals surface area contributed by atoms with E-state index in [2.05, 4.69) is 48.7 Å². The summed E-state index contributed by atoms with van der Waals surface area (Å²) in [4.78, 5) is 15.4. The van der Waals surface area contributed by atoms with E-state index < -0.39 is 5.82 Å². The van der Waals surface area contributed by atoms with Gasteiger partial charge in [0.15, 0.2) is 11.6 Å². The molecule has 2 aromatic carbocycles. The highest BCUT2D eigenvalue weighted by atomic mass is 19.1. The molecule has 7 heteroatoms. The van der Waals surface area contributed by atoms with Crippen LogP contribution in [0.1, 0.15) is 29.5 Å². The molecule has 156 valence electrons. The summed E-state index contributed by atoms with van der Waals surface area (Å²) in [6, 6.07) is 14.4. The molecule has 1 aromatic heterocycles. The zero-order valence-corrected chi connectivity index (χ0v) is 17.1. The summed E-state index contributed by atoms with van der Waals surface area (Å²) >= 11 is 0. The van der Waals surface area contributed by atoms with E-state index in [0.717, 1.165) is 49.4 Å². The molecule has 3 aliphatic rings. The van der Waals surface area contributed by atoms with Crippen LogP contribution in [-0.2, 0) is 12.0 Å². The SMILES string of the molecule is Fc1cnc(N2CC3(CCNCC3)c3ccccc32)nc1Nc1ccc2c(c1)C=NC2. The van der Waals surface area contributed by atoms with Gasteiger partial charge in [-0.1, -0.05) is 24.3 Å². The normalized spacial score (nSPS) is 18.3. The zero-order valence-electron chi connectivity index (χ0n) is 17.1. The van der Waals surface area contributed by atoms with Crippen molar-refractivity contribution in [2.24, 2.45) is 4.99 Å². The Balaban J connectivity index is 1.35. The first-order valence-electron chi connectivity index (χ1n) is 10.7. The average molecular weight is 414 g/mol. The lowest BCUT2D eigenvalue weighted by Gasteiger charge is -2.34. The van der Waals surface area contributed by atoms with Gasteiger partial charge in [0.05, 0.1) is 12.7 Å². The van der Waals surface area contributed by atoms with Gasteiger partial charge in [-0.2, -0.15) is 4.98 Å². The van der Waals surface area contributed by atoms with Crippen LogP contribution in [0.15, 0.2) is 53.7 Å². The molecule has 0 unspecified atom stereocenters. The first-order valence-corrected chi connectivity index (χ1v) is 10.7. The molecule has 6 rings (SSSR count). The molecule has 1 fully saturated rings. The van der Waals surface area contributed by atoms with E-state index in [9.17, 15) is 4.39 Å². The number of piperidine rings is 1. The Hall–Kier alpha value is -3.32. The van der Waals surface area contributed by atoms with Crippen LogP contribution >= 0.6 is 0 Å². The largest absolute Gasteiger partial charge is 0.338 e. The number of fused-ring (bicyclic) bond motifs is 3. The van der Waals surface area contributed by atoms with Gasteiger partial charge < -0.3 is 15.5 Å². The third-order valence-corrected chi connectivity index (χ3v) is 6.66. The van der Waals surface area contributed by atoms with Crippen molar-refractivity contribution < 1.29 is 4.39 Å². The highest BCUT2D eigenvalue weighted by molar-refractivity contribution is 5.86. The van der Waals surface area contributed by atoms with Gasteiger partial charge in [-0.25, -0.2) is 9.37 Å². The molecule has 31 heavy (non-hydrogen) atoms. The Labute approximate surface area is 180 Å². The summed E-state index contributed by atoms with van der Waals surface area (Å²) in [5.41, 5.74) is 5.57. The number of hydrogen-bond donors (Lipinski definition) is 2. The van der Waals surface area contributed by atoms with Crippen molar-refractivity contribution in [3.05, 3.63) is 71.2 Å². The van der Waals surface area contributed by atoms with Crippen molar-refractivity contribution in [1.82, 2.24) is 15.3 Å². The fourth-order valence-electron chi connectivity index (χ4n) is 5.03. The molecule has 0 saturated carbocycles. The molecule has 4 heterocycles. The molecule has 3 aromatic rings. The van der Waals surface area contributed by atoms with Crippen LogP contribution in [0.2, 0.25) is 0 Å². The minimum Gasteiger partial charge on any atom is -0.338 e. The van der Waals surface area contributed by atoms with E-state index in [1.165, 1.54) is 17.3 Å². The molecule has 0 radical (unpaired) electrons. The lowest BCUT2D eigenvalue weighted by atomic mass is 9.75. The van der Waals surface area contributed by atoms with Gasteiger partial charge in [0.2, 0.25) is 5.95 Å². The third kappa shape index (κ3) is 3.08. The van der Waals surface area contributed by atoms with E-state index in [1.54, 1.807) is 0 Å². The van der Waals surface area contributed by atoms with E-state index in [4.69, 9.17) is 0 Å². The maximum Gasteiger partial charge on any atom is 0.232 e. The molecule has 6 nitrogen and oxygen atoms in total. The van der Waals surface area contributed by atoms with Crippen molar-refractivity contribution in [2.75, 3.05) is 29.9 Å². The predicted octanol–water partition coefficient (Wildman–Crippen LogP) is 4.06. The standard InChI is InChI=1S/C24H23FN6/c25-20-14-28-23(30-22(20)29-18-6-5-16-12-27-13-17(16)11-18)31-15-24(7-9-26-10-8-24)19-3-1-2-4-21(19)31/h1-6,11,13-14,26H,7-10,12,15H2,(H,28,29,30). The molecule has 1 saturated heterocycles. The fraction of sp³-hybridized carbons (Fsp3) is 0.292. The average Bonchev–Trinajstić information content (AvgIpc) is 3.39. The minimum absolute atomic E-state index is 0.0898. The summed E-state index contributed by atoms with van der Waals surface area (Å²) in [5, 5.41) is 6.60. The van der Waals surface area contributed by atoms with Crippen LogP contribution in [0.4, 0.5) is 27.5 Å². The maximum absolute atomic E-state index is 14.6. The van der Waals surface area contributed by atoms with Gasteiger partial charge in [0.1, 0.15) is 0 Å². The van der Waals surface area contributed by atoms with Gasteiger partial charge in [-0.15, -0.1) is 0 Å². The van der Waals surface area contributed by atoms with Crippen molar-refractivity contribution >= 4 is 29.4 Å². The molecule has 1 spiro atoms. The molecule has 2 N–H and O–H groups in total. The zero-order chi connectivity index (χ0) is 20.8. The van der Waals surface area contributed by atoms with E-state index in [-0.39, 0.29) is 11.2 Å². The van der Waals surface area contributed by atoms with Crippen molar-refractivity contribution in [1.29, 1.82) is 0 Å². The second-order valence-electron chi connectivity index (χ2n) is 8.51. The molecule has 3 aliphatic heterocycles. The first kappa shape index (κ1) is 18.4. The first-order chi connectivity index (χ1) is 15.2. The number of nitrogens with one attached hydrogen (secondary N) is 2. The van der Waals surface area contributed by atoms with Gasteiger partial charge in [0, 0.05) is 29.5 Å². The van der Waals surface area contributed by atoms with Crippen molar-refractivity contribution in [3.8, 4) is 0 Å². The highest BCUT2D eigenvalue weighted by Crippen LogP contribution is 2.48. The molecule has 0 aliphatic carbocycles. The third-order valence-electron chi connectivity index (χ3n) is 6.66. The molecule has 0 atom stereocenters. The number of aromatic nitrogens is 2.